The molecule has 12 heteroatoms. The molecular weight excluding hydrogens is 548 g/mol. The van der Waals surface area contributed by atoms with Gasteiger partial charge in [0.25, 0.3) is 0 Å². The summed E-state index contributed by atoms with van der Waals surface area (Å²) < 4.78 is 30.7. The van der Waals surface area contributed by atoms with Gasteiger partial charge in [0.05, 0.1) is 29.7 Å². The molecule has 2 saturated heterocycles. The van der Waals surface area contributed by atoms with Gasteiger partial charge in [-0.3, -0.25) is 14.1 Å². The quantitative estimate of drug-likeness (QED) is 0.356. The van der Waals surface area contributed by atoms with Crippen LogP contribution in [0, 0.1) is 11.6 Å². The van der Waals surface area contributed by atoms with Gasteiger partial charge in [-0.05, 0) is 37.1 Å². The summed E-state index contributed by atoms with van der Waals surface area (Å²) in [6.45, 7) is 6.03. The minimum Gasteiger partial charge on any atom is -0.391 e. The van der Waals surface area contributed by atoms with Crippen molar-refractivity contribution in [2.75, 3.05) is 62.7 Å². The number of pyridine rings is 1. The smallest absolute Gasteiger partial charge is 0.236 e. The number of hydrogen-bond donors (Lipinski definition) is 1. The molecule has 1 unspecified atom stereocenters. The van der Waals surface area contributed by atoms with Crippen molar-refractivity contribution >= 4 is 39.5 Å². The number of carbonyl (C=O) groups is 1. The van der Waals surface area contributed by atoms with Gasteiger partial charge < -0.3 is 19.8 Å². The molecule has 1 amide bonds. The Bertz CT molecular complexity index is 1550. The Morgan fingerprint density at radius 1 is 1.12 bits per heavy atom. The van der Waals surface area contributed by atoms with Gasteiger partial charge >= 0.3 is 0 Å². The van der Waals surface area contributed by atoms with E-state index >= 15 is 4.39 Å². The molecule has 0 aliphatic carbocycles. The van der Waals surface area contributed by atoms with Gasteiger partial charge in [-0.1, -0.05) is 6.92 Å². The van der Waals surface area contributed by atoms with Gasteiger partial charge in [0, 0.05) is 69.5 Å². The Morgan fingerprint density at radius 2 is 1.88 bits per heavy atom. The normalized spacial score (nSPS) is 18.0. The lowest BCUT2D eigenvalue weighted by Crippen LogP contribution is -2.50. The predicted octanol–water partition coefficient (Wildman–Crippen LogP) is 3.78. The van der Waals surface area contributed by atoms with Crippen LogP contribution in [0.25, 0.3) is 16.9 Å². The first-order valence-electron chi connectivity index (χ1n) is 13.9. The van der Waals surface area contributed by atoms with Crippen molar-refractivity contribution in [3.8, 4) is 11.3 Å². The molecule has 2 aliphatic heterocycles. The van der Waals surface area contributed by atoms with E-state index in [1.165, 1.54) is 29.5 Å². The molecule has 216 valence electrons. The lowest BCUT2D eigenvalue weighted by Gasteiger charge is -2.36. The highest BCUT2D eigenvalue weighted by molar-refractivity contribution is 7.14. The molecule has 9 nitrogen and oxygen atoms in total. The van der Waals surface area contributed by atoms with Crippen molar-refractivity contribution in [1.29, 1.82) is 0 Å². The molecule has 41 heavy (non-hydrogen) atoms. The summed E-state index contributed by atoms with van der Waals surface area (Å²) in [6, 6.07) is 7.77. The number of anilines is 3. The Kier molecular flexibility index (Phi) is 7.62. The average molecular weight is 582 g/mol. The minimum atomic E-state index is -0.423. The number of aryl methyl sites for hydroxylation is 1. The molecule has 0 saturated carbocycles. The van der Waals surface area contributed by atoms with Crippen LogP contribution in [-0.2, 0) is 11.2 Å². The van der Waals surface area contributed by atoms with Crippen molar-refractivity contribution in [1.82, 2.24) is 24.2 Å². The van der Waals surface area contributed by atoms with Crippen molar-refractivity contribution in [3.63, 3.8) is 0 Å². The van der Waals surface area contributed by atoms with E-state index in [1.54, 1.807) is 21.4 Å². The Morgan fingerprint density at radius 3 is 2.56 bits per heavy atom. The van der Waals surface area contributed by atoms with E-state index in [1.807, 2.05) is 30.4 Å². The first kappa shape index (κ1) is 27.6. The average Bonchev–Trinajstić information content (AvgIpc) is 3.72. The van der Waals surface area contributed by atoms with Crippen molar-refractivity contribution in [3.05, 3.63) is 59.2 Å². The number of amides is 1. The van der Waals surface area contributed by atoms with Crippen LogP contribution in [0.15, 0.2) is 41.9 Å². The topological polar surface area (TPSA) is 80.5 Å². The molecule has 0 radical (unpaired) electrons. The third-order valence-corrected chi connectivity index (χ3v) is 8.81. The number of imidazole rings is 1. The molecule has 1 aromatic carbocycles. The maximum absolute atomic E-state index is 15.5. The van der Waals surface area contributed by atoms with Gasteiger partial charge in [-0.2, -0.15) is 0 Å². The Hall–Kier alpha value is -3.61. The van der Waals surface area contributed by atoms with Crippen LogP contribution in [0.5, 0.6) is 0 Å². The van der Waals surface area contributed by atoms with Crippen LogP contribution >= 0.6 is 11.3 Å². The number of likely N-dealkylation sites (tertiary alicyclic amines) is 1. The van der Waals surface area contributed by atoms with E-state index in [9.17, 15) is 14.3 Å². The van der Waals surface area contributed by atoms with E-state index < -0.39 is 11.9 Å². The number of rotatable bonds is 7. The minimum absolute atomic E-state index is 0.0467. The lowest BCUT2D eigenvalue weighted by atomic mass is 10.2. The van der Waals surface area contributed by atoms with Gasteiger partial charge in [0.15, 0.2) is 16.6 Å². The van der Waals surface area contributed by atoms with Gasteiger partial charge in [0.2, 0.25) is 5.91 Å². The second-order valence-corrected chi connectivity index (χ2v) is 11.4. The van der Waals surface area contributed by atoms with E-state index in [0.717, 1.165) is 33.6 Å². The van der Waals surface area contributed by atoms with Gasteiger partial charge in [-0.25, -0.2) is 18.7 Å². The zero-order valence-electron chi connectivity index (χ0n) is 23.1. The number of aliphatic hydroxyl groups excluding tert-OH is 1. The number of aromatic nitrogens is 3. The molecular formula is C29H33F2N7O2S. The summed E-state index contributed by atoms with van der Waals surface area (Å²) in [4.78, 5) is 29.9. The fourth-order valence-electron chi connectivity index (χ4n) is 5.58. The zero-order valence-corrected chi connectivity index (χ0v) is 23.9. The number of carbonyl (C=O) groups excluding carboxylic acids is 1. The molecule has 2 fully saturated rings. The summed E-state index contributed by atoms with van der Waals surface area (Å²) in [5.41, 5.74) is 3.35. The van der Waals surface area contributed by atoms with Crippen LogP contribution in [0.4, 0.5) is 25.4 Å². The standard InChI is InChI=1S/C29H33F2N7O2S/c1-3-24-28(34(2)29-33-25(18-41-29)19-4-6-20(30)7-5-19)38-15-21(14-23(31)27(38)32-24)36-12-10-35(11-13-36)17-26(40)37-9-8-22(39)16-37/h4-7,14-15,18,22,39H,3,8-13,16-17H2,1-2H3. The lowest BCUT2D eigenvalue weighted by molar-refractivity contribution is -0.131. The molecule has 4 aromatic rings. The van der Waals surface area contributed by atoms with Crippen molar-refractivity contribution < 1.29 is 18.7 Å². The largest absolute Gasteiger partial charge is 0.391 e. The van der Waals surface area contributed by atoms with Crippen LogP contribution < -0.4 is 9.80 Å². The van der Waals surface area contributed by atoms with Crippen LogP contribution in [0.1, 0.15) is 19.0 Å². The monoisotopic (exact) mass is 581 g/mol. The van der Waals surface area contributed by atoms with E-state index in [-0.39, 0.29) is 17.4 Å². The highest BCUT2D eigenvalue weighted by Gasteiger charge is 2.28. The fourth-order valence-corrected chi connectivity index (χ4v) is 6.38. The highest BCUT2D eigenvalue weighted by atomic mass is 32.1. The summed E-state index contributed by atoms with van der Waals surface area (Å²) in [5.74, 6) is 0.106. The molecule has 1 N–H and O–H groups in total. The van der Waals surface area contributed by atoms with Gasteiger partial charge in [0.1, 0.15) is 11.6 Å². The van der Waals surface area contributed by atoms with Crippen LogP contribution in [-0.4, -0.2) is 94.1 Å². The summed E-state index contributed by atoms with van der Waals surface area (Å²) in [5, 5.41) is 12.4. The summed E-state index contributed by atoms with van der Waals surface area (Å²) >= 11 is 1.46. The number of β-amino-alcohol motifs (C(OH)–C–C–N with tert-alkyl or cyclic N) is 1. The number of fused-ring (bicyclic) bond motifs is 1. The number of piperazine rings is 1. The second-order valence-electron chi connectivity index (χ2n) is 10.6. The van der Waals surface area contributed by atoms with E-state index in [0.29, 0.717) is 58.7 Å². The third-order valence-electron chi connectivity index (χ3n) is 7.89. The third kappa shape index (κ3) is 5.51. The number of hydrogen-bond acceptors (Lipinski definition) is 8. The van der Waals surface area contributed by atoms with Crippen molar-refractivity contribution in [2.24, 2.45) is 0 Å². The van der Waals surface area contributed by atoms with Crippen LogP contribution in [0.3, 0.4) is 0 Å². The summed E-state index contributed by atoms with van der Waals surface area (Å²) in [6.07, 6.45) is 2.76. The number of halogens is 2. The molecule has 1 atom stereocenters. The van der Waals surface area contributed by atoms with Crippen molar-refractivity contribution in [2.45, 2.75) is 25.9 Å². The molecule has 6 rings (SSSR count). The SMILES string of the molecule is CCc1nc2c(F)cc(N3CCN(CC(=O)N4CCC(O)C4)CC3)cn2c1N(C)c1nc(-c2ccc(F)cc2)cs1. The maximum Gasteiger partial charge on any atom is 0.236 e. The van der Waals surface area contributed by atoms with Gasteiger partial charge in [-0.15, -0.1) is 11.3 Å². The molecule has 0 spiro atoms. The number of thiazole rings is 1. The number of nitrogens with zero attached hydrogens (tertiary/aromatic N) is 7. The zero-order chi connectivity index (χ0) is 28.7. The Balaban J connectivity index is 1.22. The van der Waals surface area contributed by atoms with E-state index in [2.05, 4.69) is 14.8 Å². The molecule has 5 heterocycles. The predicted molar refractivity (Wildman–Crippen MR) is 156 cm³/mol. The molecule has 2 aliphatic rings. The van der Waals surface area contributed by atoms with Crippen LogP contribution in [0.2, 0.25) is 0 Å². The molecule has 0 bridgehead atoms. The highest BCUT2D eigenvalue weighted by Crippen LogP contribution is 2.35. The second kappa shape index (κ2) is 11.3. The fraction of sp³-hybridized carbons (Fsp3) is 0.414. The number of benzene rings is 1. The van der Waals surface area contributed by atoms with E-state index in [4.69, 9.17) is 4.98 Å². The Labute approximate surface area is 241 Å². The first-order chi connectivity index (χ1) is 19.8. The maximum atomic E-state index is 15.5. The summed E-state index contributed by atoms with van der Waals surface area (Å²) in [7, 11) is 1.90. The number of aliphatic hydroxyl groups is 1. The molecule has 3 aromatic heterocycles. The first-order valence-corrected chi connectivity index (χ1v) is 14.8.